The normalized spacial score (nSPS) is 10.6. The van der Waals surface area contributed by atoms with E-state index in [9.17, 15) is 4.79 Å². The maximum atomic E-state index is 11.9. The van der Waals surface area contributed by atoms with Gasteiger partial charge < -0.3 is 14.2 Å². The molecule has 2 rings (SSSR count). The summed E-state index contributed by atoms with van der Waals surface area (Å²) in [4.78, 5) is 11.9. The van der Waals surface area contributed by atoms with Gasteiger partial charge in [0.05, 0.1) is 18.2 Å². The maximum absolute atomic E-state index is 11.9. The minimum Gasteiger partial charge on any atom is -0.490 e. The molecular weight excluding hydrogens is 328 g/mol. The van der Waals surface area contributed by atoms with E-state index in [-0.39, 0.29) is 0 Å². The van der Waals surface area contributed by atoms with Crippen molar-refractivity contribution < 1.29 is 19.0 Å². The Bertz CT molecular complexity index is 725. The quantitative estimate of drug-likeness (QED) is 0.412. The van der Waals surface area contributed by atoms with Crippen molar-refractivity contribution in [2.24, 2.45) is 0 Å². The summed E-state index contributed by atoms with van der Waals surface area (Å²) in [5, 5.41) is 0.388. The zero-order valence-electron chi connectivity index (χ0n) is 13.6. The fourth-order valence-electron chi connectivity index (χ4n) is 2.01. The van der Waals surface area contributed by atoms with Gasteiger partial charge in [0, 0.05) is 6.08 Å². The van der Waals surface area contributed by atoms with Crippen LogP contribution in [0, 0.1) is 0 Å². The Morgan fingerprint density at radius 3 is 2.42 bits per heavy atom. The van der Waals surface area contributed by atoms with Crippen LogP contribution < -0.4 is 14.2 Å². The predicted molar refractivity (Wildman–Crippen MR) is 94.9 cm³/mol. The second-order valence-corrected chi connectivity index (χ2v) is 5.16. The van der Waals surface area contributed by atoms with Gasteiger partial charge in [-0.15, -0.1) is 0 Å². The molecule has 0 saturated carbocycles. The summed E-state index contributed by atoms with van der Waals surface area (Å²) in [5.74, 6) is 1.14. The van der Waals surface area contributed by atoms with E-state index in [1.54, 1.807) is 30.3 Å². The first kappa shape index (κ1) is 17.9. The highest BCUT2D eigenvalue weighted by Crippen LogP contribution is 2.29. The van der Waals surface area contributed by atoms with Crippen molar-refractivity contribution >= 4 is 23.6 Å². The monoisotopic (exact) mass is 346 g/mol. The van der Waals surface area contributed by atoms with Gasteiger partial charge in [-0.25, -0.2) is 4.79 Å². The predicted octanol–water partition coefficient (Wildman–Crippen LogP) is 4.76. The summed E-state index contributed by atoms with van der Waals surface area (Å²) in [6.07, 6.45) is 2.99. The lowest BCUT2D eigenvalue weighted by molar-refractivity contribution is -0.128. The van der Waals surface area contributed by atoms with E-state index in [4.69, 9.17) is 25.8 Å². The molecule has 0 aliphatic rings. The first-order valence-electron chi connectivity index (χ1n) is 7.68. The van der Waals surface area contributed by atoms with Crippen molar-refractivity contribution in [1.29, 1.82) is 0 Å². The summed E-state index contributed by atoms with van der Waals surface area (Å²) in [6, 6.07) is 12.3. The zero-order valence-corrected chi connectivity index (χ0v) is 14.4. The van der Waals surface area contributed by atoms with Crippen molar-refractivity contribution in [1.82, 2.24) is 0 Å². The molecule has 0 N–H and O–H groups in total. The molecular formula is C19H19ClO4. The molecule has 0 radical (unpaired) electrons. The standard InChI is InChI=1S/C19H19ClO4/c1-3-22-17-11-9-14(13-18(17)23-4-2)10-12-19(21)24-16-8-6-5-7-15(16)20/h5-13H,3-4H2,1-2H3. The molecule has 5 heteroatoms. The number of carbonyl (C=O) groups excluding carboxylic acids is 1. The number of halogens is 1. The van der Waals surface area contributed by atoms with E-state index in [1.807, 2.05) is 32.0 Å². The minimum absolute atomic E-state index is 0.329. The molecule has 0 heterocycles. The molecule has 2 aromatic rings. The Kier molecular flexibility index (Phi) is 6.70. The zero-order chi connectivity index (χ0) is 17.4. The second kappa shape index (κ2) is 8.99. The fraction of sp³-hybridized carbons (Fsp3) is 0.211. The lowest BCUT2D eigenvalue weighted by atomic mass is 10.2. The van der Waals surface area contributed by atoms with Crippen molar-refractivity contribution in [3.05, 3.63) is 59.1 Å². The number of hydrogen-bond acceptors (Lipinski definition) is 4. The van der Waals surface area contributed by atoms with Gasteiger partial charge >= 0.3 is 5.97 Å². The van der Waals surface area contributed by atoms with E-state index < -0.39 is 5.97 Å². The molecule has 0 saturated heterocycles. The molecule has 2 aromatic carbocycles. The third-order valence-corrected chi connectivity index (χ3v) is 3.34. The van der Waals surface area contributed by atoms with Crippen molar-refractivity contribution in [2.45, 2.75) is 13.8 Å². The van der Waals surface area contributed by atoms with Crippen LogP contribution >= 0.6 is 11.6 Å². The van der Waals surface area contributed by atoms with E-state index in [2.05, 4.69) is 0 Å². The largest absolute Gasteiger partial charge is 0.490 e. The molecule has 0 aliphatic carbocycles. The van der Waals surface area contributed by atoms with Crippen LogP contribution in [0.25, 0.3) is 6.08 Å². The van der Waals surface area contributed by atoms with Gasteiger partial charge in [0.1, 0.15) is 5.75 Å². The van der Waals surface area contributed by atoms with E-state index in [0.717, 1.165) is 5.56 Å². The summed E-state index contributed by atoms with van der Waals surface area (Å²) in [7, 11) is 0. The van der Waals surface area contributed by atoms with Crippen LogP contribution in [0.1, 0.15) is 19.4 Å². The van der Waals surface area contributed by atoms with Crippen LogP contribution in [0.3, 0.4) is 0 Å². The first-order chi connectivity index (χ1) is 11.6. The number of rotatable bonds is 7. The number of para-hydroxylation sites is 1. The third kappa shape index (κ3) is 5.03. The van der Waals surface area contributed by atoms with Crippen LogP contribution in [-0.2, 0) is 4.79 Å². The highest BCUT2D eigenvalue weighted by molar-refractivity contribution is 6.32. The molecule has 0 fully saturated rings. The van der Waals surface area contributed by atoms with Gasteiger partial charge in [0.15, 0.2) is 11.5 Å². The summed E-state index contributed by atoms with van der Waals surface area (Å²) >= 11 is 5.96. The Labute approximate surface area is 146 Å². The molecule has 126 valence electrons. The number of ether oxygens (including phenoxy) is 3. The summed E-state index contributed by atoms with van der Waals surface area (Å²) in [6.45, 7) is 4.90. The van der Waals surface area contributed by atoms with Gasteiger partial charge in [-0.1, -0.05) is 29.8 Å². The molecule has 0 aromatic heterocycles. The molecule has 0 unspecified atom stereocenters. The van der Waals surface area contributed by atoms with Crippen LogP contribution in [0.15, 0.2) is 48.5 Å². The molecule has 0 spiro atoms. The average molecular weight is 347 g/mol. The molecule has 0 atom stereocenters. The third-order valence-electron chi connectivity index (χ3n) is 3.03. The summed E-state index contributed by atoms with van der Waals surface area (Å²) in [5.41, 5.74) is 0.804. The second-order valence-electron chi connectivity index (χ2n) is 4.76. The Balaban J connectivity index is 2.09. The minimum atomic E-state index is -0.505. The number of hydrogen-bond donors (Lipinski definition) is 0. The van der Waals surface area contributed by atoms with Gasteiger partial charge in [-0.2, -0.15) is 0 Å². The Morgan fingerprint density at radius 1 is 1.00 bits per heavy atom. The lowest BCUT2D eigenvalue weighted by Crippen LogP contribution is -2.04. The van der Waals surface area contributed by atoms with E-state index >= 15 is 0 Å². The highest BCUT2D eigenvalue weighted by atomic mass is 35.5. The topological polar surface area (TPSA) is 44.8 Å². The number of esters is 1. The van der Waals surface area contributed by atoms with Gasteiger partial charge in [0.25, 0.3) is 0 Å². The number of benzene rings is 2. The van der Waals surface area contributed by atoms with Gasteiger partial charge in [-0.05, 0) is 49.8 Å². The Morgan fingerprint density at radius 2 is 1.71 bits per heavy atom. The number of carbonyl (C=O) groups is 1. The van der Waals surface area contributed by atoms with Crippen molar-refractivity contribution in [2.75, 3.05) is 13.2 Å². The molecule has 0 aliphatic heterocycles. The molecule has 4 nitrogen and oxygen atoms in total. The van der Waals surface area contributed by atoms with Gasteiger partial charge in [-0.3, -0.25) is 0 Å². The van der Waals surface area contributed by atoms with Gasteiger partial charge in [0.2, 0.25) is 0 Å². The van der Waals surface area contributed by atoms with E-state index in [1.165, 1.54) is 6.08 Å². The van der Waals surface area contributed by atoms with Crippen molar-refractivity contribution in [3.8, 4) is 17.2 Å². The van der Waals surface area contributed by atoms with Crippen LogP contribution in [0.5, 0.6) is 17.2 Å². The first-order valence-corrected chi connectivity index (χ1v) is 8.06. The average Bonchev–Trinajstić information content (AvgIpc) is 2.57. The molecule has 24 heavy (non-hydrogen) atoms. The molecule has 0 bridgehead atoms. The van der Waals surface area contributed by atoms with Crippen molar-refractivity contribution in [3.63, 3.8) is 0 Å². The smallest absolute Gasteiger partial charge is 0.336 e. The highest BCUT2D eigenvalue weighted by Gasteiger charge is 2.07. The fourth-order valence-corrected chi connectivity index (χ4v) is 2.18. The SMILES string of the molecule is CCOc1ccc(C=CC(=O)Oc2ccccc2Cl)cc1OCC. The molecule has 0 amide bonds. The van der Waals surface area contributed by atoms with Crippen LogP contribution in [0.2, 0.25) is 5.02 Å². The Hall–Kier alpha value is -2.46. The lowest BCUT2D eigenvalue weighted by Gasteiger charge is -2.11. The summed E-state index contributed by atoms with van der Waals surface area (Å²) < 4.78 is 16.3. The van der Waals surface area contributed by atoms with Crippen LogP contribution in [0.4, 0.5) is 0 Å². The van der Waals surface area contributed by atoms with E-state index in [0.29, 0.717) is 35.5 Å². The maximum Gasteiger partial charge on any atom is 0.336 e. The van der Waals surface area contributed by atoms with Crippen LogP contribution in [-0.4, -0.2) is 19.2 Å².